The number of ether oxygens (including phenoxy) is 1. The number of hydrogen-bond acceptors (Lipinski definition) is 4. The van der Waals surface area contributed by atoms with Gasteiger partial charge < -0.3 is 15.4 Å². The number of carbonyl (C=O) groups is 2. The highest BCUT2D eigenvalue weighted by Crippen LogP contribution is 2.14. The Kier molecular flexibility index (Phi) is 7.42. The van der Waals surface area contributed by atoms with Gasteiger partial charge in [-0.2, -0.15) is 11.8 Å². The highest BCUT2D eigenvalue weighted by atomic mass is 32.2. The van der Waals surface area contributed by atoms with E-state index in [-0.39, 0.29) is 5.91 Å². The van der Waals surface area contributed by atoms with Crippen molar-refractivity contribution < 1.29 is 14.3 Å². The van der Waals surface area contributed by atoms with Gasteiger partial charge in [-0.05, 0) is 57.9 Å². The maximum atomic E-state index is 11.9. The van der Waals surface area contributed by atoms with Crippen molar-refractivity contribution in [1.82, 2.24) is 5.32 Å². The van der Waals surface area contributed by atoms with Crippen LogP contribution in [0.1, 0.15) is 31.9 Å². The van der Waals surface area contributed by atoms with E-state index in [1.54, 1.807) is 0 Å². The number of anilines is 1. The second-order valence-electron chi connectivity index (χ2n) is 6.41. The van der Waals surface area contributed by atoms with Gasteiger partial charge in [0.25, 0.3) is 0 Å². The Labute approximate surface area is 142 Å². The number of benzene rings is 1. The molecule has 0 aliphatic rings. The van der Waals surface area contributed by atoms with Gasteiger partial charge in [-0.1, -0.05) is 6.07 Å². The van der Waals surface area contributed by atoms with Gasteiger partial charge in [-0.3, -0.25) is 4.79 Å². The summed E-state index contributed by atoms with van der Waals surface area (Å²) in [4.78, 5) is 23.3. The first-order chi connectivity index (χ1) is 10.7. The maximum Gasteiger partial charge on any atom is 0.407 e. The Morgan fingerprint density at radius 3 is 2.30 bits per heavy atom. The molecule has 0 saturated heterocycles. The molecule has 0 radical (unpaired) electrons. The lowest BCUT2D eigenvalue weighted by molar-refractivity contribution is -0.113. The molecule has 23 heavy (non-hydrogen) atoms. The molecule has 0 bridgehead atoms. The normalized spacial score (nSPS) is 11.0. The number of nitrogens with one attached hydrogen (secondary N) is 2. The van der Waals surface area contributed by atoms with Crippen LogP contribution < -0.4 is 10.6 Å². The molecular formula is C17H26N2O3S. The van der Waals surface area contributed by atoms with E-state index in [9.17, 15) is 9.59 Å². The lowest BCUT2D eigenvalue weighted by Crippen LogP contribution is -2.33. The average Bonchev–Trinajstić information content (AvgIpc) is 2.34. The summed E-state index contributed by atoms with van der Waals surface area (Å²) in [6, 6.07) is 5.95. The molecule has 5 nitrogen and oxygen atoms in total. The first-order valence-corrected chi connectivity index (χ1v) is 8.74. The van der Waals surface area contributed by atoms with Crippen molar-refractivity contribution in [3.63, 3.8) is 0 Å². The number of amides is 2. The van der Waals surface area contributed by atoms with Gasteiger partial charge in [0.1, 0.15) is 5.60 Å². The van der Waals surface area contributed by atoms with Crippen molar-refractivity contribution in [2.45, 2.75) is 40.2 Å². The molecule has 0 aromatic heterocycles. The third-order valence-corrected chi connectivity index (χ3v) is 3.61. The first-order valence-electron chi connectivity index (χ1n) is 7.58. The van der Waals surface area contributed by atoms with Crippen molar-refractivity contribution in [2.75, 3.05) is 23.4 Å². The van der Waals surface area contributed by atoms with E-state index in [2.05, 4.69) is 16.7 Å². The van der Waals surface area contributed by atoms with E-state index in [0.29, 0.717) is 18.1 Å². The molecular weight excluding hydrogens is 312 g/mol. The van der Waals surface area contributed by atoms with Gasteiger partial charge in [-0.15, -0.1) is 0 Å². The number of alkyl carbamates (subject to hydrolysis) is 1. The zero-order valence-electron chi connectivity index (χ0n) is 14.5. The van der Waals surface area contributed by atoms with Crippen molar-refractivity contribution in [3.8, 4) is 0 Å². The Balaban J connectivity index is 2.21. The standard InChI is InChI=1S/C17H26N2O3S/c1-12-8-13(2)10-14(9-12)19-15(20)11-23-7-6-18-16(21)22-17(3,4)5/h8-10H,6-7,11H2,1-5H3,(H,18,21)(H,19,20). The van der Waals surface area contributed by atoms with Crippen LogP contribution >= 0.6 is 11.8 Å². The fourth-order valence-electron chi connectivity index (χ4n) is 1.95. The molecule has 1 rings (SSSR count). The number of aryl methyl sites for hydroxylation is 2. The van der Waals surface area contributed by atoms with Gasteiger partial charge in [0, 0.05) is 18.0 Å². The molecule has 1 aromatic rings. The molecule has 2 N–H and O–H groups in total. The summed E-state index contributed by atoms with van der Waals surface area (Å²) >= 11 is 1.47. The van der Waals surface area contributed by atoms with Crippen LogP contribution in [0.3, 0.4) is 0 Å². The lowest BCUT2D eigenvalue weighted by atomic mass is 10.1. The van der Waals surface area contributed by atoms with Gasteiger partial charge in [-0.25, -0.2) is 4.79 Å². The van der Waals surface area contributed by atoms with E-state index >= 15 is 0 Å². The van der Waals surface area contributed by atoms with Crippen molar-refractivity contribution in [3.05, 3.63) is 29.3 Å². The highest BCUT2D eigenvalue weighted by molar-refractivity contribution is 7.99. The number of carbonyl (C=O) groups excluding carboxylic acids is 2. The van der Waals surface area contributed by atoms with Crippen LogP contribution in [0.2, 0.25) is 0 Å². The third-order valence-electron chi connectivity index (χ3n) is 2.65. The first kappa shape index (κ1) is 19.4. The molecule has 0 saturated carbocycles. The molecule has 1 aromatic carbocycles. The van der Waals surface area contributed by atoms with E-state index in [4.69, 9.17) is 4.74 Å². The molecule has 0 atom stereocenters. The van der Waals surface area contributed by atoms with Crippen molar-refractivity contribution in [1.29, 1.82) is 0 Å². The van der Waals surface area contributed by atoms with Crippen LogP contribution in [-0.2, 0) is 9.53 Å². The van der Waals surface area contributed by atoms with E-state index in [1.807, 2.05) is 46.8 Å². The predicted molar refractivity (Wildman–Crippen MR) is 96.1 cm³/mol. The zero-order valence-corrected chi connectivity index (χ0v) is 15.3. The summed E-state index contributed by atoms with van der Waals surface area (Å²) in [5.41, 5.74) is 2.56. The number of hydrogen-bond donors (Lipinski definition) is 2. The van der Waals surface area contributed by atoms with Gasteiger partial charge in [0.2, 0.25) is 5.91 Å². The smallest absolute Gasteiger partial charge is 0.407 e. The topological polar surface area (TPSA) is 67.4 Å². The molecule has 0 aliphatic heterocycles. The lowest BCUT2D eigenvalue weighted by Gasteiger charge is -2.19. The van der Waals surface area contributed by atoms with Crippen molar-refractivity contribution in [2.24, 2.45) is 0 Å². The van der Waals surface area contributed by atoms with Gasteiger partial charge in [0.05, 0.1) is 5.75 Å². The third kappa shape index (κ3) is 9.13. The van der Waals surface area contributed by atoms with E-state index < -0.39 is 11.7 Å². The van der Waals surface area contributed by atoms with Crippen LogP contribution in [0.5, 0.6) is 0 Å². The largest absolute Gasteiger partial charge is 0.444 e. The molecule has 0 unspecified atom stereocenters. The minimum atomic E-state index is -0.497. The van der Waals surface area contributed by atoms with E-state index in [1.165, 1.54) is 11.8 Å². The van der Waals surface area contributed by atoms with Crippen LogP contribution in [0, 0.1) is 13.8 Å². The Morgan fingerprint density at radius 2 is 1.74 bits per heavy atom. The Morgan fingerprint density at radius 1 is 1.13 bits per heavy atom. The van der Waals surface area contributed by atoms with Crippen LogP contribution in [0.4, 0.5) is 10.5 Å². The predicted octanol–water partition coefficient (Wildman–Crippen LogP) is 3.50. The minimum Gasteiger partial charge on any atom is -0.444 e. The van der Waals surface area contributed by atoms with Crippen molar-refractivity contribution >= 4 is 29.4 Å². The van der Waals surface area contributed by atoms with Crippen LogP contribution in [0.25, 0.3) is 0 Å². The Hall–Kier alpha value is -1.69. The molecule has 0 fully saturated rings. The SMILES string of the molecule is Cc1cc(C)cc(NC(=O)CSCCNC(=O)OC(C)(C)C)c1. The van der Waals surface area contributed by atoms with Gasteiger partial charge >= 0.3 is 6.09 Å². The molecule has 0 heterocycles. The van der Waals surface area contributed by atoms with Crippen LogP contribution in [0.15, 0.2) is 18.2 Å². The molecule has 128 valence electrons. The summed E-state index contributed by atoms with van der Waals surface area (Å²) in [6.07, 6.45) is -0.433. The molecule has 0 aliphatic carbocycles. The average molecular weight is 338 g/mol. The Bertz CT molecular complexity index is 533. The quantitative estimate of drug-likeness (QED) is 0.779. The summed E-state index contributed by atoms with van der Waals surface area (Å²) in [6.45, 7) is 9.92. The summed E-state index contributed by atoms with van der Waals surface area (Å²) in [5.74, 6) is 0.958. The summed E-state index contributed by atoms with van der Waals surface area (Å²) < 4.78 is 5.13. The van der Waals surface area contributed by atoms with E-state index in [0.717, 1.165) is 16.8 Å². The second-order valence-corrected chi connectivity index (χ2v) is 7.51. The fraction of sp³-hybridized carbons (Fsp3) is 0.529. The molecule has 2 amide bonds. The fourth-order valence-corrected chi connectivity index (χ4v) is 2.60. The summed E-state index contributed by atoms with van der Waals surface area (Å²) in [7, 11) is 0. The molecule has 6 heteroatoms. The number of rotatable bonds is 6. The maximum absolute atomic E-state index is 11.9. The minimum absolute atomic E-state index is 0.0442. The summed E-state index contributed by atoms with van der Waals surface area (Å²) in [5, 5.41) is 5.55. The molecule has 0 spiro atoms. The monoisotopic (exact) mass is 338 g/mol. The second kappa shape index (κ2) is 8.82. The number of thioether (sulfide) groups is 1. The van der Waals surface area contributed by atoms with Crippen LogP contribution in [-0.4, -0.2) is 35.7 Å². The zero-order chi connectivity index (χ0) is 17.5. The highest BCUT2D eigenvalue weighted by Gasteiger charge is 2.15. The van der Waals surface area contributed by atoms with Gasteiger partial charge in [0.15, 0.2) is 0 Å².